The number of nitrogens with one attached hydrogen (secondary N) is 1. The van der Waals surface area contributed by atoms with E-state index in [0.29, 0.717) is 55.7 Å². The Hall–Kier alpha value is -3.47. The van der Waals surface area contributed by atoms with E-state index in [0.717, 1.165) is 6.42 Å². The van der Waals surface area contributed by atoms with Crippen LogP contribution in [0.5, 0.6) is 0 Å². The van der Waals surface area contributed by atoms with Crippen molar-refractivity contribution in [1.29, 1.82) is 0 Å². The molecule has 0 aliphatic carbocycles. The van der Waals surface area contributed by atoms with Gasteiger partial charge in [-0.15, -0.1) is 11.3 Å². The van der Waals surface area contributed by atoms with E-state index < -0.39 is 0 Å². The largest absolute Gasteiger partial charge is 0.450 e. The third-order valence-electron chi connectivity index (χ3n) is 5.42. The van der Waals surface area contributed by atoms with Gasteiger partial charge in [-0.3, -0.25) is 14.4 Å². The van der Waals surface area contributed by atoms with Crippen molar-refractivity contribution >= 4 is 40.3 Å². The number of carbonyl (C=O) groups excluding carboxylic acids is 4. The summed E-state index contributed by atoms with van der Waals surface area (Å²) in [5.74, 6) is -0.625. The lowest BCUT2D eigenvalue weighted by Gasteiger charge is -2.34. The van der Waals surface area contributed by atoms with Crippen molar-refractivity contribution in [3.8, 4) is 0 Å². The lowest BCUT2D eigenvalue weighted by Crippen LogP contribution is -2.51. The zero-order valence-electron chi connectivity index (χ0n) is 20.1. The molecule has 0 bridgehead atoms. The molecule has 1 N–H and O–H groups in total. The van der Waals surface area contributed by atoms with Gasteiger partial charge in [0.25, 0.3) is 5.91 Å². The second kappa shape index (κ2) is 12.8. The van der Waals surface area contributed by atoms with Crippen LogP contribution in [0.2, 0.25) is 0 Å². The molecule has 1 aliphatic rings. The Kier molecular flexibility index (Phi) is 9.59. The lowest BCUT2D eigenvalue weighted by molar-refractivity contribution is -0.132. The number of aromatic nitrogens is 1. The predicted octanol–water partition coefficient (Wildman–Crippen LogP) is 2.48. The van der Waals surface area contributed by atoms with Gasteiger partial charge in [-0.2, -0.15) is 0 Å². The smallest absolute Gasteiger partial charge is 0.409 e. The number of amides is 4. The van der Waals surface area contributed by atoms with Crippen LogP contribution in [0.25, 0.3) is 0 Å². The van der Waals surface area contributed by atoms with Crippen LogP contribution in [0.4, 0.5) is 9.93 Å². The standard InChI is InChI=1S/C24H31N5O5S/c1-3-10-29(22(32)18-8-6-5-7-9-18)16-20(30)26-23-25-19(17-35-23)15-21(31)27-11-13-28(14-12-27)24(33)34-4-2/h5-9,17H,3-4,10-16H2,1-2H3,(H,25,26,30). The molecular weight excluding hydrogens is 470 g/mol. The molecule has 35 heavy (non-hydrogen) atoms. The Bertz CT molecular complexity index is 1020. The van der Waals surface area contributed by atoms with Crippen LogP contribution in [-0.4, -0.2) is 89.4 Å². The van der Waals surface area contributed by atoms with Crippen molar-refractivity contribution in [2.45, 2.75) is 26.7 Å². The first-order valence-electron chi connectivity index (χ1n) is 11.7. The molecule has 0 atom stereocenters. The molecule has 0 spiro atoms. The molecule has 2 aromatic rings. The molecule has 4 amide bonds. The molecule has 11 heteroatoms. The summed E-state index contributed by atoms with van der Waals surface area (Å²) in [4.78, 5) is 59.0. The Morgan fingerprint density at radius 1 is 1.06 bits per heavy atom. The predicted molar refractivity (Wildman–Crippen MR) is 132 cm³/mol. The van der Waals surface area contributed by atoms with Crippen LogP contribution in [0, 0.1) is 0 Å². The van der Waals surface area contributed by atoms with Gasteiger partial charge in [0.05, 0.1) is 18.7 Å². The highest BCUT2D eigenvalue weighted by Gasteiger charge is 2.25. The second-order valence-electron chi connectivity index (χ2n) is 8.03. The van der Waals surface area contributed by atoms with E-state index in [4.69, 9.17) is 4.74 Å². The number of carbonyl (C=O) groups is 4. The SMILES string of the molecule is CCCN(CC(=O)Nc1nc(CC(=O)N2CCN(C(=O)OCC)CC2)cs1)C(=O)c1ccccc1. The summed E-state index contributed by atoms with van der Waals surface area (Å²) in [5, 5.41) is 4.85. The van der Waals surface area contributed by atoms with Crippen molar-refractivity contribution in [1.82, 2.24) is 19.7 Å². The number of piperazine rings is 1. The van der Waals surface area contributed by atoms with Gasteiger partial charge in [-0.1, -0.05) is 25.1 Å². The maximum Gasteiger partial charge on any atom is 0.409 e. The summed E-state index contributed by atoms with van der Waals surface area (Å²) in [7, 11) is 0. The highest BCUT2D eigenvalue weighted by Crippen LogP contribution is 2.17. The number of thiazole rings is 1. The summed E-state index contributed by atoms with van der Waals surface area (Å²) in [5.41, 5.74) is 1.10. The van der Waals surface area contributed by atoms with Gasteiger partial charge in [0.1, 0.15) is 6.54 Å². The Labute approximate surface area is 208 Å². The van der Waals surface area contributed by atoms with Gasteiger partial charge in [-0.25, -0.2) is 9.78 Å². The molecule has 0 saturated carbocycles. The van der Waals surface area contributed by atoms with Gasteiger partial charge < -0.3 is 24.8 Å². The molecule has 1 aliphatic heterocycles. The van der Waals surface area contributed by atoms with E-state index >= 15 is 0 Å². The third-order valence-corrected chi connectivity index (χ3v) is 6.23. The van der Waals surface area contributed by atoms with Crippen molar-refractivity contribution in [2.24, 2.45) is 0 Å². The average molecular weight is 502 g/mol. The molecule has 1 fully saturated rings. The molecule has 1 aromatic heterocycles. The van der Waals surface area contributed by atoms with E-state index in [2.05, 4.69) is 10.3 Å². The minimum atomic E-state index is -0.359. The summed E-state index contributed by atoms with van der Waals surface area (Å²) in [6.07, 6.45) is 0.478. The van der Waals surface area contributed by atoms with Crippen LogP contribution < -0.4 is 5.32 Å². The van der Waals surface area contributed by atoms with Crippen LogP contribution >= 0.6 is 11.3 Å². The molecule has 10 nitrogen and oxygen atoms in total. The first kappa shape index (κ1) is 26.1. The van der Waals surface area contributed by atoms with Crippen LogP contribution in [0.3, 0.4) is 0 Å². The summed E-state index contributed by atoms with van der Waals surface area (Å²) in [6, 6.07) is 8.86. The maximum absolute atomic E-state index is 12.8. The third kappa shape index (κ3) is 7.51. The van der Waals surface area contributed by atoms with E-state index in [-0.39, 0.29) is 36.8 Å². The molecule has 1 aromatic carbocycles. The quantitative estimate of drug-likeness (QED) is 0.565. The van der Waals surface area contributed by atoms with Crippen LogP contribution in [0.15, 0.2) is 35.7 Å². The number of hydrogen-bond acceptors (Lipinski definition) is 7. The molecule has 2 heterocycles. The second-order valence-corrected chi connectivity index (χ2v) is 8.89. The monoisotopic (exact) mass is 501 g/mol. The normalized spacial score (nSPS) is 13.3. The summed E-state index contributed by atoms with van der Waals surface area (Å²) >= 11 is 1.23. The lowest BCUT2D eigenvalue weighted by atomic mass is 10.2. The maximum atomic E-state index is 12.8. The highest BCUT2D eigenvalue weighted by atomic mass is 32.1. The van der Waals surface area contributed by atoms with Gasteiger partial charge >= 0.3 is 6.09 Å². The average Bonchev–Trinajstić information content (AvgIpc) is 3.30. The fraction of sp³-hybridized carbons (Fsp3) is 0.458. The van der Waals surface area contributed by atoms with Crippen molar-refractivity contribution in [3.05, 3.63) is 47.0 Å². The summed E-state index contributed by atoms with van der Waals surface area (Å²) < 4.78 is 5.00. The number of hydrogen-bond donors (Lipinski definition) is 1. The van der Waals surface area contributed by atoms with Crippen molar-refractivity contribution < 1.29 is 23.9 Å². The fourth-order valence-electron chi connectivity index (χ4n) is 3.68. The first-order valence-corrected chi connectivity index (χ1v) is 12.6. The molecule has 0 unspecified atom stereocenters. The van der Waals surface area contributed by atoms with E-state index in [9.17, 15) is 19.2 Å². The number of nitrogens with zero attached hydrogens (tertiary/aromatic N) is 4. The van der Waals surface area contributed by atoms with Gasteiger partial charge in [0, 0.05) is 43.7 Å². The van der Waals surface area contributed by atoms with Crippen LogP contribution in [0.1, 0.15) is 36.3 Å². The van der Waals surface area contributed by atoms with Gasteiger partial charge in [0.15, 0.2) is 5.13 Å². The van der Waals surface area contributed by atoms with Crippen molar-refractivity contribution in [2.75, 3.05) is 51.2 Å². The van der Waals surface area contributed by atoms with E-state index in [1.54, 1.807) is 46.4 Å². The minimum Gasteiger partial charge on any atom is -0.450 e. The van der Waals surface area contributed by atoms with Gasteiger partial charge in [-0.05, 0) is 25.5 Å². The highest BCUT2D eigenvalue weighted by molar-refractivity contribution is 7.13. The Balaban J connectivity index is 1.49. The Morgan fingerprint density at radius 2 is 1.74 bits per heavy atom. The Morgan fingerprint density at radius 3 is 2.40 bits per heavy atom. The number of benzene rings is 1. The van der Waals surface area contributed by atoms with E-state index in [1.165, 1.54) is 16.2 Å². The minimum absolute atomic E-state index is 0.0832. The zero-order valence-corrected chi connectivity index (χ0v) is 20.9. The first-order chi connectivity index (χ1) is 16.9. The number of anilines is 1. The number of ether oxygens (including phenoxy) is 1. The molecule has 1 saturated heterocycles. The molecule has 3 rings (SSSR count). The molecule has 188 valence electrons. The number of rotatable bonds is 9. The van der Waals surface area contributed by atoms with E-state index in [1.807, 2.05) is 13.0 Å². The van der Waals surface area contributed by atoms with Crippen LogP contribution in [-0.2, 0) is 20.7 Å². The fourth-order valence-corrected chi connectivity index (χ4v) is 4.41. The molecule has 0 radical (unpaired) electrons. The van der Waals surface area contributed by atoms with Gasteiger partial charge in [0.2, 0.25) is 11.8 Å². The topological polar surface area (TPSA) is 112 Å². The molecular formula is C24H31N5O5S. The summed E-state index contributed by atoms with van der Waals surface area (Å²) in [6.45, 7) is 6.14. The zero-order chi connectivity index (χ0) is 25.2. The van der Waals surface area contributed by atoms with Crippen molar-refractivity contribution in [3.63, 3.8) is 0 Å².